The van der Waals surface area contributed by atoms with Crippen LogP contribution in [-0.2, 0) is 6.54 Å². The van der Waals surface area contributed by atoms with Gasteiger partial charge >= 0.3 is 0 Å². The number of hydrogen-bond donors (Lipinski definition) is 0. The Balaban J connectivity index is 1.71. The SMILES string of the molecule is COc1ccc(CN2CCOc3ccccc3S2)cc1. The molecule has 0 spiro atoms. The van der Waals surface area contributed by atoms with Gasteiger partial charge < -0.3 is 9.47 Å². The summed E-state index contributed by atoms with van der Waals surface area (Å²) in [6.07, 6.45) is 0. The molecule has 20 heavy (non-hydrogen) atoms. The zero-order chi connectivity index (χ0) is 13.8. The van der Waals surface area contributed by atoms with Crippen molar-refractivity contribution in [3.8, 4) is 11.5 Å². The van der Waals surface area contributed by atoms with Gasteiger partial charge in [-0.2, -0.15) is 0 Å². The average molecular weight is 287 g/mol. The lowest BCUT2D eigenvalue weighted by molar-refractivity contribution is 0.283. The van der Waals surface area contributed by atoms with Crippen molar-refractivity contribution >= 4 is 11.9 Å². The van der Waals surface area contributed by atoms with E-state index in [9.17, 15) is 0 Å². The third-order valence-electron chi connectivity index (χ3n) is 3.19. The van der Waals surface area contributed by atoms with Gasteiger partial charge in [-0.05, 0) is 41.8 Å². The minimum absolute atomic E-state index is 0.722. The maximum atomic E-state index is 5.77. The van der Waals surface area contributed by atoms with Crippen LogP contribution in [0.5, 0.6) is 11.5 Å². The van der Waals surface area contributed by atoms with Crippen LogP contribution in [0.2, 0.25) is 0 Å². The maximum Gasteiger partial charge on any atom is 0.134 e. The zero-order valence-electron chi connectivity index (χ0n) is 11.4. The fourth-order valence-corrected chi connectivity index (χ4v) is 3.15. The predicted octanol–water partition coefficient (Wildman–Crippen LogP) is 3.60. The second kappa shape index (κ2) is 6.20. The molecule has 0 atom stereocenters. The Bertz CT molecular complexity index is 571. The van der Waals surface area contributed by atoms with Crippen molar-refractivity contribution in [2.45, 2.75) is 11.4 Å². The Morgan fingerprint density at radius 2 is 1.95 bits per heavy atom. The van der Waals surface area contributed by atoms with Gasteiger partial charge in [-0.1, -0.05) is 24.3 Å². The highest BCUT2D eigenvalue weighted by molar-refractivity contribution is 7.97. The average Bonchev–Trinajstić information content (AvgIpc) is 2.69. The number of rotatable bonds is 3. The second-order valence-electron chi connectivity index (χ2n) is 4.60. The van der Waals surface area contributed by atoms with Crippen LogP contribution in [0.4, 0.5) is 0 Å². The first-order valence-electron chi connectivity index (χ1n) is 6.63. The predicted molar refractivity (Wildman–Crippen MR) is 81.2 cm³/mol. The summed E-state index contributed by atoms with van der Waals surface area (Å²) in [6, 6.07) is 16.4. The molecule has 0 fully saturated rings. The Morgan fingerprint density at radius 1 is 1.15 bits per heavy atom. The smallest absolute Gasteiger partial charge is 0.134 e. The van der Waals surface area contributed by atoms with Crippen molar-refractivity contribution in [1.29, 1.82) is 0 Å². The summed E-state index contributed by atoms with van der Waals surface area (Å²) < 4.78 is 13.3. The van der Waals surface area contributed by atoms with E-state index in [0.717, 1.165) is 31.2 Å². The lowest BCUT2D eigenvalue weighted by Crippen LogP contribution is -2.19. The van der Waals surface area contributed by atoms with Crippen LogP contribution in [0, 0.1) is 0 Å². The molecule has 2 aromatic carbocycles. The molecular formula is C16H17NO2S. The molecule has 1 heterocycles. The van der Waals surface area contributed by atoms with Crippen molar-refractivity contribution in [3.63, 3.8) is 0 Å². The molecule has 3 nitrogen and oxygen atoms in total. The third kappa shape index (κ3) is 3.08. The minimum Gasteiger partial charge on any atom is -0.497 e. The second-order valence-corrected chi connectivity index (χ2v) is 5.74. The zero-order valence-corrected chi connectivity index (χ0v) is 12.2. The van der Waals surface area contributed by atoms with Gasteiger partial charge in [0.15, 0.2) is 0 Å². The van der Waals surface area contributed by atoms with Crippen LogP contribution >= 0.6 is 11.9 Å². The van der Waals surface area contributed by atoms with Crippen LogP contribution in [0.3, 0.4) is 0 Å². The highest BCUT2D eigenvalue weighted by Crippen LogP contribution is 2.34. The quantitative estimate of drug-likeness (QED) is 0.804. The molecule has 3 rings (SSSR count). The number of hydrogen-bond acceptors (Lipinski definition) is 4. The van der Waals surface area contributed by atoms with Crippen molar-refractivity contribution < 1.29 is 9.47 Å². The molecule has 0 saturated carbocycles. The third-order valence-corrected chi connectivity index (χ3v) is 4.30. The van der Waals surface area contributed by atoms with E-state index in [4.69, 9.17) is 9.47 Å². The summed E-state index contributed by atoms with van der Waals surface area (Å²) in [4.78, 5) is 1.18. The lowest BCUT2D eigenvalue weighted by Gasteiger charge is -2.18. The summed E-state index contributed by atoms with van der Waals surface area (Å²) in [5, 5.41) is 0. The first-order valence-corrected chi connectivity index (χ1v) is 7.40. The molecule has 0 N–H and O–H groups in total. The Morgan fingerprint density at radius 3 is 2.75 bits per heavy atom. The minimum atomic E-state index is 0.722. The largest absolute Gasteiger partial charge is 0.497 e. The van der Waals surface area contributed by atoms with Gasteiger partial charge in [0, 0.05) is 13.1 Å². The van der Waals surface area contributed by atoms with Gasteiger partial charge in [-0.15, -0.1) is 0 Å². The molecule has 0 unspecified atom stereocenters. The van der Waals surface area contributed by atoms with Crippen molar-refractivity contribution in [3.05, 3.63) is 54.1 Å². The number of ether oxygens (including phenoxy) is 2. The van der Waals surface area contributed by atoms with Gasteiger partial charge in [-0.25, -0.2) is 4.31 Å². The first-order chi connectivity index (χ1) is 9.85. The summed E-state index contributed by atoms with van der Waals surface area (Å²) in [6.45, 7) is 2.53. The van der Waals surface area contributed by atoms with E-state index in [-0.39, 0.29) is 0 Å². The first kappa shape index (κ1) is 13.3. The summed E-state index contributed by atoms with van der Waals surface area (Å²) in [5.41, 5.74) is 1.28. The lowest BCUT2D eigenvalue weighted by atomic mass is 10.2. The monoisotopic (exact) mass is 287 g/mol. The van der Waals surface area contributed by atoms with E-state index >= 15 is 0 Å². The van der Waals surface area contributed by atoms with Gasteiger partial charge in [-0.3, -0.25) is 0 Å². The Kier molecular flexibility index (Phi) is 4.14. The van der Waals surface area contributed by atoms with Gasteiger partial charge in [0.25, 0.3) is 0 Å². The van der Waals surface area contributed by atoms with Gasteiger partial charge in [0.2, 0.25) is 0 Å². The number of para-hydroxylation sites is 1. The topological polar surface area (TPSA) is 21.7 Å². The van der Waals surface area contributed by atoms with E-state index in [2.05, 4.69) is 22.5 Å². The molecule has 0 radical (unpaired) electrons. The fourth-order valence-electron chi connectivity index (χ4n) is 2.13. The normalized spacial score (nSPS) is 15.1. The number of methoxy groups -OCH3 is 1. The van der Waals surface area contributed by atoms with Crippen LogP contribution in [0.15, 0.2) is 53.4 Å². The van der Waals surface area contributed by atoms with E-state index in [1.807, 2.05) is 30.3 Å². The standard InChI is InChI=1S/C16H17NO2S/c1-18-14-8-6-13(7-9-14)12-17-10-11-19-15-4-2-3-5-16(15)20-17/h2-9H,10-12H2,1H3. The molecule has 0 saturated heterocycles. The van der Waals surface area contributed by atoms with Crippen molar-refractivity contribution in [2.24, 2.45) is 0 Å². The van der Waals surface area contributed by atoms with Gasteiger partial charge in [0.1, 0.15) is 18.1 Å². The molecule has 1 aliphatic heterocycles. The number of fused-ring (bicyclic) bond motifs is 1. The van der Waals surface area contributed by atoms with E-state index in [1.165, 1.54) is 10.5 Å². The van der Waals surface area contributed by atoms with Crippen LogP contribution < -0.4 is 9.47 Å². The molecule has 4 heteroatoms. The maximum absolute atomic E-state index is 5.77. The highest BCUT2D eigenvalue weighted by Gasteiger charge is 2.15. The van der Waals surface area contributed by atoms with Crippen LogP contribution in [0.25, 0.3) is 0 Å². The van der Waals surface area contributed by atoms with E-state index in [0.29, 0.717) is 0 Å². The fraction of sp³-hybridized carbons (Fsp3) is 0.250. The molecular weight excluding hydrogens is 270 g/mol. The molecule has 0 aromatic heterocycles. The van der Waals surface area contributed by atoms with Crippen molar-refractivity contribution in [2.75, 3.05) is 20.3 Å². The van der Waals surface area contributed by atoms with E-state index in [1.54, 1.807) is 19.1 Å². The summed E-state index contributed by atoms with van der Waals surface area (Å²) >= 11 is 1.76. The number of nitrogens with zero attached hydrogens (tertiary/aromatic N) is 1. The molecule has 2 aromatic rings. The molecule has 104 valence electrons. The van der Waals surface area contributed by atoms with Crippen molar-refractivity contribution in [1.82, 2.24) is 4.31 Å². The molecule has 0 aliphatic carbocycles. The molecule has 1 aliphatic rings. The van der Waals surface area contributed by atoms with E-state index < -0.39 is 0 Å². The highest BCUT2D eigenvalue weighted by atomic mass is 32.2. The molecule has 0 amide bonds. The Labute approximate surface area is 123 Å². The van der Waals surface area contributed by atoms with Crippen LogP contribution in [0.1, 0.15) is 5.56 Å². The van der Waals surface area contributed by atoms with Crippen LogP contribution in [-0.4, -0.2) is 24.6 Å². The number of benzene rings is 2. The Hall–Kier alpha value is -1.65. The van der Waals surface area contributed by atoms with Gasteiger partial charge in [0.05, 0.1) is 12.0 Å². The summed E-state index contributed by atoms with van der Waals surface area (Å²) in [5.74, 6) is 1.88. The summed E-state index contributed by atoms with van der Waals surface area (Å²) in [7, 11) is 1.69. The molecule has 0 bridgehead atoms.